The second-order valence-electron chi connectivity index (χ2n) is 3.84. The summed E-state index contributed by atoms with van der Waals surface area (Å²) in [5.74, 6) is 0. The molecule has 1 aliphatic carbocycles. The van der Waals surface area contributed by atoms with Crippen LogP contribution < -0.4 is 5.32 Å². The van der Waals surface area contributed by atoms with Gasteiger partial charge in [0.1, 0.15) is 0 Å². The highest BCUT2D eigenvalue weighted by molar-refractivity contribution is 4.89. The zero-order valence-corrected chi connectivity index (χ0v) is 8.10. The van der Waals surface area contributed by atoms with Gasteiger partial charge in [0.25, 0.3) is 0 Å². The first-order chi connectivity index (χ1) is 5.83. The Balaban J connectivity index is 2.44. The van der Waals surface area contributed by atoms with Gasteiger partial charge in [0, 0.05) is 12.1 Å². The minimum Gasteiger partial charge on any atom is -0.396 e. The van der Waals surface area contributed by atoms with Gasteiger partial charge in [-0.15, -0.1) is 0 Å². The number of hydrogen-bond donors (Lipinski definition) is 2. The van der Waals surface area contributed by atoms with Gasteiger partial charge in [-0.1, -0.05) is 26.2 Å². The number of hydrogen-bond acceptors (Lipinski definition) is 2. The molecule has 0 aromatic carbocycles. The predicted octanol–water partition coefficient (Wildman–Crippen LogP) is 1.68. The van der Waals surface area contributed by atoms with Crippen molar-refractivity contribution in [1.82, 2.24) is 5.32 Å². The third-order valence-corrected chi connectivity index (χ3v) is 2.95. The molecule has 1 rings (SSSR count). The molecule has 0 bridgehead atoms. The molecule has 0 saturated heterocycles. The highest BCUT2D eigenvalue weighted by Gasteiger charge is 2.29. The fourth-order valence-electron chi connectivity index (χ4n) is 2.33. The standard InChI is InChI=1S/C10H21NO/c1-2-11-10(8-9-12)6-4-3-5-7-10/h11-12H,2-9H2,1H3. The molecule has 0 heterocycles. The molecule has 72 valence electrons. The van der Waals surface area contributed by atoms with Crippen molar-refractivity contribution < 1.29 is 5.11 Å². The van der Waals surface area contributed by atoms with Gasteiger partial charge in [-0.05, 0) is 25.8 Å². The fourth-order valence-corrected chi connectivity index (χ4v) is 2.33. The van der Waals surface area contributed by atoms with Gasteiger partial charge < -0.3 is 10.4 Å². The lowest BCUT2D eigenvalue weighted by Gasteiger charge is -2.37. The summed E-state index contributed by atoms with van der Waals surface area (Å²) >= 11 is 0. The molecule has 0 aliphatic heterocycles. The minimum atomic E-state index is 0.280. The summed E-state index contributed by atoms with van der Waals surface area (Å²) < 4.78 is 0. The van der Waals surface area contributed by atoms with Crippen molar-refractivity contribution in [1.29, 1.82) is 0 Å². The molecule has 2 N–H and O–H groups in total. The van der Waals surface area contributed by atoms with Crippen LogP contribution in [-0.4, -0.2) is 23.8 Å². The molecule has 1 fully saturated rings. The van der Waals surface area contributed by atoms with E-state index in [1.165, 1.54) is 32.1 Å². The van der Waals surface area contributed by atoms with Crippen LogP contribution in [0, 0.1) is 0 Å². The van der Waals surface area contributed by atoms with Gasteiger partial charge in [0.05, 0.1) is 0 Å². The van der Waals surface area contributed by atoms with E-state index in [-0.39, 0.29) is 5.54 Å². The lowest BCUT2D eigenvalue weighted by molar-refractivity contribution is 0.167. The first-order valence-electron chi connectivity index (χ1n) is 5.19. The van der Waals surface area contributed by atoms with E-state index in [9.17, 15) is 0 Å². The monoisotopic (exact) mass is 171 g/mol. The first kappa shape index (κ1) is 10.0. The fraction of sp³-hybridized carbons (Fsp3) is 1.00. The second-order valence-corrected chi connectivity index (χ2v) is 3.84. The Morgan fingerprint density at radius 1 is 1.25 bits per heavy atom. The SMILES string of the molecule is CCNC1(CCO)CCCCC1. The van der Waals surface area contributed by atoms with Crippen molar-refractivity contribution >= 4 is 0 Å². The van der Waals surface area contributed by atoms with E-state index >= 15 is 0 Å². The Morgan fingerprint density at radius 2 is 1.92 bits per heavy atom. The Morgan fingerprint density at radius 3 is 2.42 bits per heavy atom. The highest BCUT2D eigenvalue weighted by Crippen LogP contribution is 2.30. The maximum absolute atomic E-state index is 8.97. The van der Waals surface area contributed by atoms with Gasteiger partial charge in [-0.2, -0.15) is 0 Å². The number of aliphatic hydroxyl groups excluding tert-OH is 1. The van der Waals surface area contributed by atoms with Crippen LogP contribution in [0.3, 0.4) is 0 Å². The molecule has 0 spiro atoms. The summed E-state index contributed by atoms with van der Waals surface area (Å²) in [6.45, 7) is 3.50. The third kappa shape index (κ3) is 2.46. The van der Waals surface area contributed by atoms with Crippen LogP contribution in [0.15, 0.2) is 0 Å². The van der Waals surface area contributed by atoms with Crippen LogP contribution in [-0.2, 0) is 0 Å². The summed E-state index contributed by atoms with van der Waals surface area (Å²) in [7, 11) is 0. The van der Waals surface area contributed by atoms with E-state index in [4.69, 9.17) is 5.11 Å². The van der Waals surface area contributed by atoms with Crippen LogP contribution in [0.1, 0.15) is 45.4 Å². The Labute approximate surface area is 75.4 Å². The molecule has 0 atom stereocenters. The summed E-state index contributed by atoms with van der Waals surface area (Å²) in [4.78, 5) is 0. The van der Waals surface area contributed by atoms with Crippen LogP contribution in [0.4, 0.5) is 0 Å². The molecule has 0 aromatic rings. The van der Waals surface area contributed by atoms with Crippen molar-refractivity contribution in [3.05, 3.63) is 0 Å². The molecule has 1 aliphatic rings. The highest BCUT2D eigenvalue weighted by atomic mass is 16.3. The van der Waals surface area contributed by atoms with E-state index in [0.717, 1.165) is 13.0 Å². The number of nitrogens with one attached hydrogen (secondary N) is 1. The molecule has 1 saturated carbocycles. The molecule has 0 unspecified atom stereocenters. The zero-order valence-electron chi connectivity index (χ0n) is 8.10. The lowest BCUT2D eigenvalue weighted by atomic mass is 9.79. The zero-order chi connectivity index (χ0) is 8.86. The molecule has 12 heavy (non-hydrogen) atoms. The Hall–Kier alpha value is -0.0800. The summed E-state index contributed by atoms with van der Waals surface area (Å²) in [6.07, 6.45) is 7.46. The summed E-state index contributed by atoms with van der Waals surface area (Å²) in [5, 5.41) is 12.5. The van der Waals surface area contributed by atoms with E-state index in [2.05, 4.69) is 12.2 Å². The van der Waals surface area contributed by atoms with Crippen LogP contribution in [0.25, 0.3) is 0 Å². The number of rotatable bonds is 4. The van der Waals surface area contributed by atoms with E-state index in [1.807, 2.05) is 0 Å². The van der Waals surface area contributed by atoms with Gasteiger partial charge in [0.2, 0.25) is 0 Å². The van der Waals surface area contributed by atoms with E-state index in [1.54, 1.807) is 0 Å². The largest absolute Gasteiger partial charge is 0.396 e. The van der Waals surface area contributed by atoms with Crippen molar-refractivity contribution in [2.75, 3.05) is 13.2 Å². The normalized spacial score (nSPS) is 22.5. The second kappa shape index (κ2) is 4.83. The van der Waals surface area contributed by atoms with Crippen LogP contribution in [0.2, 0.25) is 0 Å². The summed E-state index contributed by atoms with van der Waals surface area (Å²) in [6, 6.07) is 0. The lowest BCUT2D eigenvalue weighted by Crippen LogP contribution is -2.47. The molecule has 2 nitrogen and oxygen atoms in total. The molecule has 0 aromatic heterocycles. The van der Waals surface area contributed by atoms with E-state index < -0.39 is 0 Å². The topological polar surface area (TPSA) is 32.3 Å². The Bertz CT molecular complexity index is 103. The van der Waals surface area contributed by atoms with Gasteiger partial charge in [0.15, 0.2) is 0 Å². The first-order valence-corrected chi connectivity index (χ1v) is 5.19. The molecule has 2 heteroatoms. The van der Waals surface area contributed by atoms with Crippen molar-refractivity contribution in [2.45, 2.75) is 51.0 Å². The smallest absolute Gasteiger partial charge is 0.0448 e. The van der Waals surface area contributed by atoms with Gasteiger partial charge in [-0.25, -0.2) is 0 Å². The molecule has 0 amide bonds. The average molecular weight is 171 g/mol. The van der Waals surface area contributed by atoms with Crippen LogP contribution in [0.5, 0.6) is 0 Å². The van der Waals surface area contributed by atoms with Crippen molar-refractivity contribution in [3.63, 3.8) is 0 Å². The predicted molar refractivity (Wildman–Crippen MR) is 51.2 cm³/mol. The maximum atomic E-state index is 8.97. The Kier molecular flexibility index (Phi) is 4.02. The van der Waals surface area contributed by atoms with Gasteiger partial charge >= 0.3 is 0 Å². The van der Waals surface area contributed by atoms with E-state index in [0.29, 0.717) is 6.61 Å². The summed E-state index contributed by atoms with van der Waals surface area (Å²) in [5.41, 5.74) is 0.280. The number of aliphatic hydroxyl groups is 1. The molecular weight excluding hydrogens is 150 g/mol. The van der Waals surface area contributed by atoms with Crippen LogP contribution >= 0.6 is 0 Å². The van der Waals surface area contributed by atoms with Crippen molar-refractivity contribution in [2.24, 2.45) is 0 Å². The van der Waals surface area contributed by atoms with Crippen molar-refractivity contribution in [3.8, 4) is 0 Å². The minimum absolute atomic E-state index is 0.280. The van der Waals surface area contributed by atoms with Gasteiger partial charge in [-0.3, -0.25) is 0 Å². The quantitative estimate of drug-likeness (QED) is 0.674. The maximum Gasteiger partial charge on any atom is 0.0448 e. The third-order valence-electron chi connectivity index (χ3n) is 2.95. The average Bonchev–Trinajstić information content (AvgIpc) is 2.07. The molecule has 0 radical (unpaired) electrons. The molecular formula is C10H21NO.